The summed E-state index contributed by atoms with van der Waals surface area (Å²) in [7, 11) is 0. The van der Waals surface area contributed by atoms with Crippen molar-refractivity contribution in [3.8, 4) is 0 Å². The summed E-state index contributed by atoms with van der Waals surface area (Å²) in [6, 6.07) is 9.95. The topological polar surface area (TPSA) is 49.5 Å². The second-order valence-corrected chi connectivity index (χ2v) is 7.58. The molecule has 2 aliphatic rings. The molecule has 25 heavy (non-hydrogen) atoms. The Morgan fingerprint density at radius 3 is 2.48 bits per heavy atom. The molecule has 4 rings (SSSR count). The number of hydrogen-bond donors (Lipinski definition) is 1. The smallest absolute Gasteiger partial charge is 0.231 e. The predicted octanol–water partition coefficient (Wildman–Crippen LogP) is 4.09. The summed E-state index contributed by atoms with van der Waals surface area (Å²) < 4.78 is 6.12. The van der Waals surface area contributed by atoms with Crippen molar-refractivity contribution in [1.29, 1.82) is 0 Å². The van der Waals surface area contributed by atoms with Crippen molar-refractivity contribution in [2.45, 2.75) is 57.1 Å². The molecule has 1 aliphatic heterocycles. The highest BCUT2D eigenvalue weighted by Crippen LogP contribution is 2.43. The van der Waals surface area contributed by atoms with E-state index in [-0.39, 0.29) is 5.92 Å². The molecule has 4 nitrogen and oxygen atoms in total. The van der Waals surface area contributed by atoms with Crippen molar-refractivity contribution in [2.75, 3.05) is 13.1 Å². The van der Waals surface area contributed by atoms with E-state index in [0.717, 1.165) is 43.8 Å². The standard InChI is InChI=1S/C21H28N2O2/c24-21(17-9-3-1-4-10-17,18-11-5-2-6-12-18)20-22-15-19(25-20)16-23-13-7-8-14-23/h1,3-4,9-10,15,18,24H,2,5-8,11-14,16H2/t21-/m0/s1. The lowest BCUT2D eigenvalue weighted by Crippen LogP contribution is -2.38. The Hall–Kier alpha value is -1.65. The number of likely N-dealkylation sites (tertiary alicyclic amines) is 1. The van der Waals surface area contributed by atoms with Crippen LogP contribution in [0.1, 0.15) is 62.2 Å². The maximum atomic E-state index is 11.8. The molecular weight excluding hydrogens is 312 g/mol. The maximum Gasteiger partial charge on any atom is 0.231 e. The van der Waals surface area contributed by atoms with Crippen LogP contribution >= 0.6 is 0 Å². The quantitative estimate of drug-likeness (QED) is 0.891. The average Bonchev–Trinajstić information content (AvgIpc) is 3.35. The van der Waals surface area contributed by atoms with Gasteiger partial charge in [-0.15, -0.1) is 0 Å². The molecular formula is C21H28N2O2. The van der Waals surface area contributed by atoms with Gasteiger partial charge >= 0.3 is 0 Å². The number of oxazole rings is 1. The number of hydrogen-bond acceptors (Lipinski definition) is 4. The average molecular weight is 340 g/mol. The summed E-state index contributed by atoms with van der Waals surface area (Å²) in [5, 5.41) is 11.8. The zero-order valence-corrected chi connectivity index (χ0v) is 14.9. The van der Waals surface area contributed by atoms with Crippen LogP contribution in [0.2, 0.25) is 0 Å². The van der Waals surface area contributed by atoms with Crippen LogP contribution in [0.15, 0.2) is 40.9 Å². The minimum Gasteiger partial charge on any atom is -0.441 e. The third-order valence-corrected chi connectivity index (χ3v) is 5.87. The number of benzene rings is 1. The van der Waals surface area contributed by atoms with Crippen LogP contribution in [0.4, 0.5) is 0 Å². The molecule has 0 spiro atoms. The lowest BCUT2D eigenvalue weighted by atomic mass is 9.73. The molecule has 2 fully saturated rings. The number of aromatic nitrogens is 1. The van der Waals surface area contributed by atoms with Crippen molar-refractivity contribution in [3.05, 3.63) is 53.7 Å². The van der Waals surface area contributed by atoms with E-state index < -0.39 is 5.60 Å². The minimum atomic E-state index is -1.12. The van der Waals surface area contributed by atoms with E-state index in [9.17, 15) is 5.11 Å². The molecule has 0 radical (unpaired) electrons. The zero-order chi connectivity index (χ0) is 17.1. The van der Waals surface area contributed by atoms with E-state index in [1.807, 2.05) is 36.5 Å². The Morgan fingerprint density at radius 1 is 1.04 bits per heavy atom. The highest BCUT2D eigenvalue weighted by molar-refractivity contribution is 5.30. The summed E-state index contributed by atoms with van der Waals surface area (Å²) in [4.78, 5) is 6.93. The molecule has 2 heterocycles. The molecule has 1 aliphatic carbocycles. The molecule has 134 valence electrons. The van der Waals surface area contributed by atoms with Gasteiger partial charge in [-0.05, 0) is 44.3 Å². The lowest BCUT2D eigenvalue weighted by molar-refractivity contribution is -0.0242. The number of rotatable bonds is 5. The van der Waals surface area contributed by atoms with Crippen molar-refractivity contribution in [3.63, 3.8) is 0 Å². The van der Waals surface area contributed by atoms with Gasteiger partial charge in [0.15, 0.2) is 5.60 Å². The second-order valence-electron chi connectivity index (χ2n) is 7.58. The van der Waals surface area contributed by atoms with E-state index in [1.165, 1.54) is 32.1 Å². The van der Waals surface area contributed by atoms with Crippen LogP contribution < -0.4 is 0 Å². The van der Waals surface area contributed by atoms with E-state index in [0.29, 0.717) is 5.89 Å². The van der Waals surface area contributed by atoms with Crippen molar-refractivity contribution >= 4 is 0 Å². The third kappa shape index (κ3) is 3.38. The van der Waals surface area contributed by atoms with Gasteiger partial charge in [0.25, 0.3) is 0 Å². The fourth-order valence-corrected chi connectivity index (χ4v) is 4.46. The van der Waals surface area contributed by atoms with Gasteiger partial charge in [0, 0.05) is 5.92 Å². The van der Waals surface area contributed by atoms with Crippen molar-refractivity contribution < 1.29 is 9.52 Å². The molecule has 4 heteroatoms. The highest BCUT2D eigenvalue weighted by atomic mass is 16.4. The first kappa shape index (κ1) is 16.8. The predicted molar refractivity (Wildman–Crippen MR) is 97.0 cm³/mol. The van der Waals surface area contributed by atoms with E-state index in [1.54, 1.807) is 0 Å². The summed E-state index contributed by atoms with van der Waals surface area (Å²) in [6.07, 6.45) is 9.97. The van der Waals surface area contributed by atoms with Crippen LogP contribution in [0.5, 0.6) is 0 Å². The molecule has 1 saturated heterocycles. The molecule has 0 unspecified atom stereocenters. The first-order chi connectivity index (χ1) is 12.3. The van der Waals surface area contributed by atoms with Gasteiger partial charge in [0.1, 0.15) is 5.76 Å². The van der Waals surface area contributed by atoms with Crippen LogP contribution in [0.3, 0.4) is 0 Å². The fraction of sp³-hybridized carbons (Fsp3) is 0.571. The normalized spacial score (nSPS) is 22.1. The monoisotopic (exact) mass is 340 g/mol. The van der Waals surface area contributed by atoms with E-state index in [2.05, 4.69) is 9.88 Å². The number of nitrogens with zero attached hydrogens (tertiary/aromatic N) is 2. The van der Waals surface area contributed by atoms with Crippen LogP contribution in [0.25, 0.3) is 0 Å². The van der Waals surface area contributed by atoms with E-state index in [4.69, 9.17) is 4.42 Å². The lowest BCUT2D eigenvalue weighted by Gasteiger charge is -2.36. The van der Waals surface area contributed by atoms with Gasteiger partial charge < -0.3 is 9.52 Å². The summed E-state index contributed by atoms with van der Waals surface area (Å²) in [5.41, 5.74) is -0.221. The van der Waals surface area contributed by atoms with Gasteiger partial charge in [0.05, 0.1) is 12.7 Å². The Balaban J connectivity index is 1.64. The summed E-state index contributed by atoms with van der Waals surface area (Å²) in [6.45, 7) is 3.05. The third-order valence-electron chi connectivity index (χ3n) is 5.87. The minimum absolute atomic E-state index is 0.168. The van der Waals surface area contributed by atoms with Gasteiger partial charge in [-0.25, -0.2) is 4.98 Å². The molecule has 1 N–H and O–H groups in total. The zero-order valence-electron chi connectivity index (χ0n) is 14.9. The highest BCUT2D eigenvalue weighted by Gasteiger charge is 2.44. The van der Waals surface area contributed by atoms with Crippen molar-refractivity contribution in [1.82, 2.24) is 9.88 Å². The molecule has 1 saturated carbocycles. The first-order valence-corrected chi connectivity index (χ1v) is 9.72. The van der Waals surface area contributed by atoms with Crippen LogP contribution in [-0.4, -0.2) is 28.1 Å². The van der Waals surface area contributed by atoms with Crippen LogP contribution in [-0.2, 0) is 12.1 Å². The number of aliphatic hydroxyl groups is 1. The second kappa shape index (κ2) is 7.30. The Kier molecular flexibility index (Phi) is 4.91. The molecule has 0 bridgehead atoms. The van der Waals surface area contributed by atoms with Gasteiger partial charge in [-0.3, -0.25) is 4.90 Å². The Labute approximate surface area is 149 Å². The molecule has 2 aromatic rings. The fourth-order valence-electron chi connectivity index (χ4n) is 4.46. The van der Waals surface area contributed by atoms with Crippen molar-refractivity contribution in [2.24, 2.45) is 5.92 Å². The Morgan fingerprint density at radius 2 is 1.76 bits per heavy atom. The molecule has 0 amide bonds. The summed E-state index contributed by atoms with van der Waals surface area (Å²) in [5.74, 6) is 1.50. The van der Waals surface area contributed by atoms with Crippen LogP contribution in [0, 0.1) is 5.92 Å². The largest absolute Gasteiger partial charge is 0.441 e. The SMILES string of the molecule is O[C@](c1ccccc1)(c1ncc(CN2CCCC2)o1)C1CCCCC1. The van der Waals surface area contributed by atoms with E-state index >= 15 is 0 Å². The first-order valence-electron chi connectivity index (χ1n) is 9.72. The maximum absolute atomic E-state index is 11.8. The molecule has 1 atom stereocenters. The summed E-state index contributed by atoms with van der Waals surface area (Å²) >= 11 is 0. The van der Waals surface area contributed by atoms with Gasteiger partial charge in [-0.2, -0.15) is 0 Å². The molecule has 1 aromatic heterocycles. The molecule has 1 aromatic carbocycles. The Bertz CT molecular complexity index is 672. The van der Waals surface area contributed by atoms with Gasteiger partial charge in [0.2, 0.25) is 5.89 Å². The van der Waals surface area contributed by atoms with Gasteiger partial charge in [-0.1, -0.05) is 49.6 Å².